The summed E-state index contributed by atoms with van der Waals surface area (Å²) in [5, 5.41) is 13.4. The summed E-state index contributed by atoms with van der Waals surface area (Å²) in [4.78, 5) is 0. The van der Waals surface area contributed by atoms with Crippen LogP contribution < -0.4 is 5.73 Å². The highest BCUT2D eigenvalue weighted by atomic mass is 16.3. The Morgan fingerprint density at radius 3 is 2.67 bits per heavy atom. The molecule has 0 bridgehead atoms. The number of nitrogens with zero attached hydrogens (tertiary/aromatic N) is 2. The first-order chi connectivity index (χ1) is 7.29. The van der Waals surface area contributed by atoms with E-state index in [1.54, 1.807) is 23.0 Å². The first-order valence-electron chi connectivity index (χ1n) is 4.82. The second-order valence-corrected chi connectivity index (χ2v) is 3.35. The monoisotopic (exact) mass is 203 g/mol. The van der Waals surface area contributed by atoms with Gasteiger partial charge in [0.2, 0.25) is 0 Å². The molecule has 4 heteroatoms. The van der Waals surface area contributed by atoms with Crippen LogP contribution in [0.2, 0.25) is 0 Å². The largest absolute Gasteiger partial charge is 0.508 e. The van der Waals surface area contributed by atoms with Gasteiger partial charge in [0.25, 0.3) is 0 Å². The van der Waals surface area contributed by atoms with Gasteiger partial charge in [-0.25, -0.2) is 4.68 Å². The van der Waals surface area contributed by atoms with Crippen LogP contribution in [0.5, 0.6) is 5.75 Å². The van der Waals surface area contributed by atoms with Crippen molar-refractivity contribution in [3.8, 4) is 11.4 Å². The number of hydrogen-bond acceptors (Lipinski definition) is 3. The average Bonchev–Trinajstić information content (AvgIpc) is 2.68. The lowest BCUT2D eigenvalue weighted by Gasteiger charge is -2.00. The molecule has 3 N–H and O–H groups in total. The predicted octanol–water partition coefficient (Wildman–Crippen LogP) is 1.08. The van der Waals surface area contributed by atoms with Crippen molar-refractivity contribution in [3.63, 3.8) is 0 Å². The molecule has 0 atom stereocenters. The van der Waals surface area contributed by atoms with Crippen molar-refractivity contribution in [2.24, 2.45) is 5.73 Å². The van der Waals surface area contributed by atoms with Gasteiger partial charge in [0, 0.05) is 6.20 Å². The fourth-order valence-corrected chi connectivity index (χ4v) is 1.40. The average molecular weight is 203 g/mol. The van der Waals surface area contributed by atoms with E-state index in [2.05, 4.69) is 5.10 Å². The van der Waals surface area contributed by atoms with E-state index >= 15 is 0 Å². The van der Waals surface area contributed by atoms with E-state index in [9.17, 15) is 0 Å². The van der Waals surface area contributed by atoms with E-state index in [0.717, 1.165) is 17.7 Å². The molecule has 1 aromatic carbocycles. The molecule has 0 saturated carbocycles. The van der Waals surface area contributed by atoms with Crippen molar-refractivity contribution >= 4 is 0 Å². The van der Waals surface area contributed by atoms with Gasteiger partial charge >= 0.3 is 0 Å². The molecule has 78 valence electrons. The second-order valence-electron chi connectivity index (χ2n) is 3.35. The maximum atomic E-state index is 9.15. The highest BCUT2D eigenvalue weighted by Gasteiger charge is 1.99. The number of phenolic OH excluding ortho intramolecular Hbond substituents is 1. The fourth-order valence-electron chi connectivity index (χ4n) is 1.40. The van der Waals surface area contributed by atoms with Gasteiger partial charge in [0.05, 0.1) is 11.9 Å². The Balaban J connectivity index is 2.25. The smallest absolute Gasteiger partial charge is 0.115 e. The van der Waals surface area contributed by atoms with Gasteiger partial charge < -0.3 is 10.8 Å². The zero-order valence-electron chi connectivity index (χ0n) is 8.30. The van der Waals surface area contributed by atoms with Crippen molar-refractivity contribution in [1.29, 1.82) is 0 Å². The molecular weight excluding hydrogens is 190 g/mol. The number of hydrogen-bond donors (Lipinski definition) is 2. The summed E-state index contributed by atoms with van der Waals surface area (Å²) in [6, 6.07) is 6.91. The summed E-state index contributed by atoms with van der Waals surface area (Å²) in [6.45, 7) is 0.626. The lowest BCUT2D eigenvalue weighted by molar-refractivity contribution is 0.475. The predicted molar refractivity (Wildman–Crippen MR) is 58.0 cm³/mol. The number of nitrogens with two attached hydrogens (primary N) is 1. The van der Waals surface area contributed by atoms with Gasteiger partial charge in [0.15, 0.2) is 0 Å². The van der Waals surface area contributed by atoms with Crippen LogP contribution in [-0.2, 0) is 6.42 Å². The van der Waals surface area contributed by atoms with Crippen molar-refractivity contribution in [2.45, 2.75) is 6.42 Å². The maximum absolute atomic E-state index is 9.15. The van der Waals surface area contributed by atoms with E-state index in [1.807, 2.05) is 18.3 Å². The second kappa shape index (κ2) is 4.14. The van der Waals surface area contributed by atoms with Crippen LogP contribution in [0, 0.1) is 0 Å². The van der Waals surface area contributed by atoms with Gasteiger partial charge in [-0.2, -0.15) is 5.10 Å². The number of aromatic hydroxyl groups is 1. The highest BCUT2D eigenvalue weighted by molar-refractivity contribution is 5.36. The summed E-state index contributed by atoms with van der Waals surface area (Å²) in [7, 11) is 0. The number of rotatable bonds is 3. The zero-order chi connectivity index (χ0) is 10.7. The van der Waals surface area contributed by atoms with Gasteiger partial charge in [-0.15, -0.1) is 0 Å². The van der Waals surface area contributed by atoms with E-state index in [0.29, 0.717) is 6.54 Å². The van der Waals surface area contributed by atoms with E-state index in [4.69, 9.17) is 10.8 Å². The molecule has 2 rings (SSSR count). The fraction of sp³-hybridized carbons (Fsp3) is 0.182. The quantitative estimate of drug-likeness (QED) is 0.784. The SMILES string of the molecule is NCCc1cnn(-c2ccc(O)cc2)c1. The Labute approximate surface area is 88.0 Å². The van der Waals surface area contributed by atoms with E-state index < -0.39 is 0 Å². The van der Waals surface area contributed by atoms with Crippen LogP contribution in [0.1, 0.15) is 5.56 Å². The van der Waals surface area contributed by atoms with Crippen molar-refractivity contribution in [1.82, 2.24) is 9.78 Å². The Bertz CT molecular complexity index is 433. The van der Waals surface area contributed by atoms with E-state index in [1.165, 1.54) is 0 Å². The van der Waals surface area contributed by atoms with Crippen LogP contribution >= 0.6 is 0 Å². The van der Waals surface area contributed by atoms with Crippen LogP contribution in [0.25, 0.3) is 5.69 Å². The zero-order valence-corrected chi connectivity index (χ0v) is 8.30. The van der Waals surface area contributed by atoms with Crippen molar-refractivity contribution in [3.05, 3.63) is 42.2 Å². The highest BCUT2D eigenvalue weighted by Crippen LogP contribution is 2.13. The van der Waals surface area contributed by atoms with Gasteiger partial charge in [0.1, 0.15) is 5.75 Å². The Kier molecular flexibility index (Phi) is 2.69. The molecule has 2 aromatic rings. The van der Waals surface area contributed by atoms with Crippen molar-refractivity contribution in [2.75, 3.05) is 6.54 Å². The molecule has 15 heavy (non-hydrogen) atoms. The number of benzene rings is 1. The maximum Gasteiger partial charge on any atom is 0.115 e. The molecule has 0 saturated heterocycles. The minimum absolute atomic E-state index is 0.257. The van der Waals surface area contributed by atoms with Crippen LogP contribution in [0.15, 0.2) is 36.7 Å². The molecule has 0 aliphatic heterocycles. The van der Waals surface area contributed by atoms with E-state index in [-0.39, 0.29) is 5.75 Å². The van der Waals surface area contributed by atoms with Gasteiger partial charge in [-0.3, -0.25) is 0 Å². The molecule has 1 aromatic heterocycles. The van der Waals surface area contributed by atoms with Crippen LogP contribution in [0.4, 0.5) is 0 Å². The standard InChI is InChI=1S/C11H13N3O/c12-6-5-9-7-13-14(8-9)10-1-3-11(15)4-2-10/h1-4,7-8,15H,5-6,12H2. The Morgan fingerprint density at radius 2 is 2.00 bits per heavy atom. The summed E-state index contributed by atoms with van der Waals surface area (Å²) >= 11 is 0. The third-order valence-corrected chi connectivity index (χ3v) is 2.18. The molecule has 0 radical (unpaired) electrons. The molecular formula is C11H13N3O. The van der Waals surface area contributed by atoms with Gasteiger partial charge in [-0.05, 0) is 42.8 Å². The normalized spacial score (nSPS) is 10.5. The molecule has 4 nitrogen and oxygen atoms in total. The topological polar surface area (TPSA) is 64.1 Å². The van der Waals surface area contributed by atoms with Gasteiger partial charge in [-0.1, -0.05) is 0 Å². The first-order valence-corrected chi connectivity index (χ1v) is 4.82. The summed E-state index contributed by atoms with van der Waals surface area (Å²) in [5.41, 5.74) is 7.50. The summed E-state index contributed by atoms with van der Waals surface area (Å²) in [5.74, 6) is 0.257. The summed E-state index contributed by atoms with van der Waals surface area (Å²) in [6.07, 6.45) is 4.58. The number of aromatic nitrogens is 2. The molecule has 1 heterocycles. The lowest BCUT2D eigenvalue weighted by Crippen LogP contribution is -2.01. The van der Waals surface area contributed by atoms with Crippen LogP contribution in [0.3, 0.4) is 0 Å². The van der Waals surface area contributed by atoms with Crippen molar-refractivity contribution < 1.29 is 5.11 Å². The first kappa shape index (κ1) is 9.73. The molecule has 0 aliphatic carbocycles. The molecule has 0 unspecified atom stereocenters. The Morgan fingerprint density at radius 1 is 1.27 bits per heavy atom. The molecule has 0 spiro atoms. The number of phenols is 1. The Hall–Kier alpha value is -1.81. The third-order valence-electron chi connectivity index (χ3n) is 2.18. The minimum atomic E-state index is 0.257. The molecule has 0 aliphatic rings. The molecule has 0 amide bonds. The summed E-state index contributed by atoms with van der Waals surface area (Å²) < 4.78 is 1.77. The molecule has 0 fully saturated rings. The minimum Gasteiger partial charge on any atom is -0.508 e. The third kappa shape index (κ3) is 2.16. The lowest BCUT2D eigenvalue weighted by atomic mass is 10.2. The van der Waals surface area contributed by atoms with Crippen LogP contribution in [-0.4, -0.2) is 21.4 Å².